The lowest BCUT2D eigenvalue weighted by Crippen LogP contribution is -2.53. The highest BCUT2D eigenvalue weighted by Gasteiger charge is 2.40. The number of thioether (sulfide) groups is 1. The molecule has 2 unspecified atom stereocenters. The average Bonchev–Trinajstić information content (AvgIpc) is 3.01. The van der Waals surface area contributed by atoms with Gasteiger partial charge in [-0.05, 0) is 82.3 Å². The molecule has 5 rings (SSSR count). The molecular weight excluding hydrogens is 394 g/mol. The highest BCUT2D eigenvalue weighted by atomic mass is 32.2. The molecule has 3 aliphatic heterocycles. The molecule has 4 heterocycles. The third-order valence-corrected chi connectivity index (χ3v) is 8.59. The molecule has 1 aromatic rings. The predicted octanol–water partition coefficient (Wildman–Crippen LogP) is 3.00. The summed E-state index contributed by atoms with van der Waals surface area (Å²) in [6.07, 6.45) is 14.2. The summed E-state index contributed by atoms with van der Waals surface area (Å²) in [6, 6.07) is 1.87. The molecule has 0 N–H and O–H groups in total. The molecule has 0 aromatic carbocycles. The normalized spacial score (nSPS) is 32.9. The molecule has 2 atom stereocenters. The van der Waals surface area contributed by atoms with Crippen LogP contribution >= 0.6 is 11.8 Å². The van der Waals surface area contributed by atoms with Crippen LogP contribution in [0.2, 0.25) is 0 Å². The summed E-state index contributed by atoms with van der Waals surface area (Å²) >= 11 is 1.38. The Bertz CT molecular complexity index is 730. The van der Waals surface area contributed by atoms with Gasteiger partial charge >= 0.3 is 0 Å². The SMILES string of the molecule is CSC(=O)CC1CC(N2CCC(c3cnc(N4C5CCC4CN(C)C5)nc3)CC2)C1. The molecule has 2 bridgehead atoms. The smallest absolute Gasteiger partial charge is 0.225 e. The van der Waals surface area contributed by atoms with Crippen molar-refractivity contribution in [3.63, 3.8) is 0 Å². The van der Waals surface area contributed by atoms with Crippen LogP contribution < -0.4 is 4.90 Å². The van der Waals surface area contributed by atoms with E-state index >= 15 is 0 Å². The summed E-state index contributed by atoms with van der Waals surface area (Å²) in [6.45, 7) is 4.60. The molecule has 0 radical (unpaired) electrons. The zero-order valence-corrected chi connectivity index (χ0v) is 19.2. The number of aromatic nitrogens is 2. The van der Waals surface area contributed by atoms with Gasteiger partial charge in [0.2, 0.25) is 5.95 Å². The van der Waals surface area contributed by atoms with E-state index in [2.05, 4.69) is 34.1 Å². The Morgan fingerprint density at radius 2 is 1.67 bits per heavy atom. The Hall–Kier alpha value is -1.18. The van der Waals surface area contributed by atoms with E-state index in [1.54, 1.807) is 0 Å². The molecule has 3 saturated heterocycles. The predicted molar refractivity (Wildman–Crippen MR) is 122 cm³/mol. The van der Waals surface area contributed by atoms with Crippen LogP contribution in [0.3, 0.4) is 0 Å². The first kappa shape index (κ1) is 20.7. The minimum Gasteiger partial charge on any atom is -0.332 e. The van der Waals surface area contributed by atoms with E-state index in [4.69, 9.17) is 9.97 Å². The highest BCUT2D eigenvalue weighted by Crippen LogP contribution is 2.39. The van der Waals surface area contributed by atoms with Crippen LogP contribution in [0.25, 0.3) is 0 Å². The van der Waals surface area contributed by atoms with Crippen molar-refractivity contribution in [2.45, 2.75) is 69.0 Å². The second kappa shape index (κ2) is 8.75. The Balaban J connectivity index is 1.12. The van der Waals surface area contributed by atoms with E-state index in [9.17, 15) is 4.79 Å². The molecule has 164 valence electrons. The summed E-state index contributed by atoms with van der Waals surface area (Å²) in [7, 11) is 2.23. The van der Waals surface area contributed by atoms with Gasteiger partial charge in [-0.25, -0.2) is 9.97 Å². The Labute approximate surface area is 184 Å². The van der Waals surface area contributed by atoms with Gasteiger partial charge in [-0.15, -0.1) is 0 Å². The van der Waals surface area contributed by atoms with E-state index in [0.717, 1.165) is 25.5 Å². The maximum absolute atomic E-state index is 11.6. The van der Waals surface area contributed by atoms with Gasteiger partial charge in [-0.1, -0.05) is 11.8 Å². The number of likely N-dealkylation sites (N-methyl/N-ethyl adjacent to an activating group) is 1. The fourth-order valence-electron chi connectivity index (χ4n) is 6.20. The number of rotatable bonds is 5. The van der Waals surface area contributed by atoms with Crippen molar-refractivity contribution in [3.8, 4) is 0 Å². The zero-order chi connectivity index (χ0) is 20.7. The van der Waals surface area contributed by atoms with E-state index in [-0.39, 0.29) is 0 Å². The monoisotopic (exact) mass is 429 g/mol. The number of carbonyl (C=O) groups excluding carboxylic acids is 1. The number of hydrogen-bond donors (Lipinski definition) is 0. The average molecular weight is 430 g/mol. The minimum absolute atomic E-state index is 0.352. The summed E-state index contributed by atoms with van der Waals surface area (Å²) in [5.41, 5.74) is 1.32. The lowest BCUT2D eigenvalue weighted by atomic mass is 9.76. The van der Waals surface area contributed by atoms with Crippen molar-refractivity contribution in [3.05, 3.63) is 18.0 Å². The Kier molecular flexibility index (Phi) is 6.04. The van der Waals surface area contributed by atoms with Gasteiger partial charge in [0.1, 0.15) is 0 Å². The van der Waals surface area contributed by atoms with Crippen LogP contribution in [0, 0.1) is 5.92 Å². The fraction of sp³-hybridized carbons (Fsp3) is 0.783. The summed E-state index contributed by atoms with van der Waals surface area (Å²) in [5.74, 6) is 2.16. The second-order valence-electron chi connectivity index (χ2n) is 9.91. The van der Waals surface area contributed by atoms with Crippen LogP contribution in [-0.2, 0) is 4.79 Å². The van der Waals surface area contributed by atoms with Crippen LogP contribution in [0.5, 0.6) is 0 Å². The molecule has 7 heteroatoms. The third-order valence-electron chi connectivity index (χ3n) is 7.97. The maximum Gasteiger partial charge on any atom is 0.225 e. The van der Waals surface area contributed by atoms with Crippen LogP contribution in [0.15, 0.2) is 12.4 Å². The minimum atomic E-state index is 0.352. The molecule has 4 fully saturated rings. The zero-order valence-electron chi connectivity index (χ0n) is 18.4. The molecule has 1 aromatic heterocycles. The molecule has 0 amide bonds. The number of nitrogens with zero attached hydrogens (tertiary/aromatic N) is 5. The first-order valence-corrected chi connectivity index (χ1v) is 12.9. The topological polar surface area (TPSA) is 52.6 Å². The van der Waals surface area contributed by atoms with E-state index < -0.39 is 0 Å². The number of hydrogen-bond acceptors (Lipinski definition) is 7. The van der Waals surface area contributed by atoms with Crippen LogP contribution in [-0.4, -0.2) is 82.5 Å². The maximum atomic E-state index is 11.6. The third kappa shape index (κ3) is 4.13. The van der Waals surface area contributed by atoms with Gasteiger partial charge in [0.15, 0.2) is 5.12 Å². The lowest BCUT2D eigenvalue weighted by molar-refractivity contribution is -0.112. The standard InChI is InChI=1S/C23H35N5OS/c1-26-14-19-3-4-20(15-26)28(19)23-24-12-18(13-25-23)17-5-7-27(8-6-17)21-9-16(10-21)11-22(29)30-2/h12-13,16-17,19-21H,3-11,14-15H2,1-2H3. The van der Waals surface area contributed by atoms with E-state index in [1.807, 2.05) is 6.26 Å². The molecule has 1 saturated carbocycles. The quantitative estimate of drug-likeness (QED) is 0.713. The van der Waals surface area contributed by atoms with Crippen molar-refractivity contribution in [1.82, 2.24) is 19.8 Å². The molecule has 1 aliphatic carbocycles. The van der Waals surface area contributed by atoms with Crippen molar-refractivity contribution >= 4 is 22.8 Å². The molecule has 6 nitrogen and oxygen atoms in total. The van der Waals surface area contributed by atoms with E-state index in [0.29, 0.717) is 35.1 Å². The van der Waals surface area contributed by atoms with Crippen molar-refractivity contribution in [2.75, 3.05) is 44.4 Å². The number of anilines is 1. The number of carbonyl (C=O) groups is 1. The highest BCUT2D eigenvalue weighted by molar-refractivity contribution is 8.13. The molecule has 0 spiro atoms. The van der Waals surface area contributed by atoms with Crippen molar-refractivity contribution in [2.24, 2.45) is 5.92 Å². The van der Waals surface area contributed by atoms with Crippen molar-refractivity contribution < 1.29 is 4.79 Å². The summed E-state index contributed by atoms with van der Waals surface area (Å²) in [4.78, 5) is 28.8. The first-order chi connectivity index (χ1) is 14.6. The van der Waals surface area contributed by atoms with Gasteiger partial charge in [0, 0.05) is 50.0 Å². The largest absolute Gasteiger partial charge is 0.332 e. The van der Waals surface area contributed by atoms with Gasteiger partial charge < -0.3 is 14.7 Å². The Morgan fingerprint density at radius 3 is 2.27 bits per heavy atom. The number of piperidine rings is 1. The number of piperazine rings is 1. The molecule has 4 aliphatic rings. The van der Waals surface area contributed by atoms with Crippen LogP contribution in [0.1, 0.15) is 56.4 Å². The molecule has 30 heavy (non-hydrogen) atoms. The van der Waals surface area contributed by atoms with Gasteiger partial charge in [0.05, 0.1) is 0 Å². The van der Waals surface area contributed by atoms with Crippen molar-refractivity contribution in [1.29, 1.82) is 0 Å². The summed E-state index contributed by atoms with van der Waals surface area (Å²) < 4.78 is 0. The molecular formula is C23H35N5OS. The van der Waals surface area contributed by atoms with E-state index in [1.165, 1.54) is 68.9 Å². The van der Waals surface area contributed by atoms with Crippen LogP contribution in [0.4, 0.5) is 5.95 Å². The number of fused-ring (bicyclic) bond motifs is 2. The van der Waals surface area contributed by atoms with Gasteiger partial charge in [0.25, 0.3) is 0 Å². The number of likely N-dealkylation sites (tertiary alicyclic amines) is 2. The lowest BCUT2D eigenvalue weighted by Gasteiger charge is -2.45. The summed E-state index contributed by atoms with van der Waals surface area (Å²) in [5, 5.41) is 0.352. The Morgan fingerprint density at radius 1 is 1.03 bits per heavy atom. The van der Waals surface area contributed by atoms with Gasteiger partial charge in [-0.2, -0.15) is 0 Å². The fourth-order valence-corrected chi connectivity index (χ4v) is 6.60. The van der Waals surface area contributed by atoms with Gasteiger partial charge in [-0.3, -0.25) is 4.79 Å². The second-order valence-corrected chi connectivity index (χ2v) is 10.8. The first-order valence-electron chi connectivity index (χ1n) is 11.7.